The van der Waals surface area contributed by atoms with Gasteiger partial charge in [0.1, 0.15) is 6.61 Å². The Morgan fingerprint density at radius 2 is 1.02 bits per heavy atom. The van der Waals surface area contributed by atoms with Gasteiger partial charge in [0, 0.05) is 12.8 Å². The van der Waals surface area contributed by atoms with Gasteiger partial charge in [-0.1, -0.05) is 146 Å². The molecule has 272 valence electrons. The summed E-state index contributed by atoms with van der Waals surface area (Å²) < 4.78 is 26.3. The first-order valence-corrected chi connectivity index (χ1v) is 20.0. The van der Waals surface area contributed by atoms with Crippen LogP contribution in [0.4, 0.5) is 0 Å². The summed E-state index contributed by atoms with van der Waals surface area (Å²) in [4.78, 5) is 42.6. The van der Waals surface area contributed by atoms with E-state index in [2.05, 4.69) is 67.0 Å². The Morgan fingerprint density at radius 1 is 0.574 bits per heavy atom. The maximum atomic E-state index is 12.3. The Morgan fingerprint density at radius 3 is 1.53 bits per heavy atom. The molecule has 0 bridgehead atoms. The van der Waals surface area contributed by atoms with E-state index in [0.717, 1.165) is 70.6 Å². The molecule has 0 aliphatic carbocycles. The van der Waals surface area contributed by atoms with Gasteiger partial charge in [-0.15, -0.1) is 0 Å². The zero-order chi connectivity index (χ0) is 34.7. The third kappa shape index (κ3) is 36.7. The van der Waals surface area contributed by atoms with Crippen LogP contribution in [-0.4, -0.2) is 41.0 Å². The highest BCUT2D eigenvalue weighted by Crippen LogP contribution is 2.36. The topological polar surface area (TPSA) is 119 Å². The van der Waals surface area contributed by atoms with E-state index in [0.29, 0.717) is 6.42 Å². The average Bonchev–Trinajstić information content (AvgIpc) is 3.04. The molecular formula is C38H67O8P. The first kappa shape index (κ1) is 45.0. The summed E-state index contributed by atoms with van der Waals surface area (Å²) in [6.07, 6.45) is 39.7. The fourth-order valence-corrected chi connectivity index (χ4v) is 5.25. The van der Waals surface area contributed by atoms with E-state index in [1.807, 2.05) is 0 Å². The van der Waals surface area contributed by atoms with E-state index < -0.39 is 32.5 Å². The van der Waals surface area contributed by atoms with Crippen LogP contribution in [0.15, 0.2) is 48.6 Å². The van der Waals surface area contributed by atoms with Gasteiger partial charge in [0.05, 0.1) is 6.61 Å². The van der Waals surface area contributed by atoms with Crippen molar-refractivity contribution in [3.63, 3.8) is 0 Å². The van der Waals surface area contributed by atoms with Gasteiger partial charge in [-0.05, 0) is 51.4 Å². The van der Waals surface area contributed by atoms with Crippen molar-refractivity contribution < 1.29 is 37.9 Å². The summed E-state index contributed by atoms with van der Waals surface area (Å²) in [5.41, 5.74) is 0. The molecule has 8 nitrogen and oxygen atoms in total. The number of rotatable bonds is 33. The Hall–Kier alpha value is -1.99. The van der Waals surface area contributed by atoms with E-state index >= 15 is 0 Å². The monoisotopic (exact) mass is 682 g/mol. The maximum Gasteiger partial charge on any atom is 0.469 e. The minimum Gasteiger partial charge on any atom is -0.462 e. The van der Waals surface area contributed by atoms with Gasteiger partial charge < -0.3 is 19.3 Å². The van der Waals surface area contributed by atoms with E-state index in [-0.39, 0.29) is 19.4 Å². The molecule has 0 aromatic carbocycles. The predicted molar refractivity (Wildman–Crippen MR) is 193 cm³/mol. The van der Waals surface area contributed by atoms with Gasteiger partial charge in [0.15, 0.2) is 6.10 Å². The van der Waals surface area contributed by atoms with Gasteiger partial charge >= 0.3 is 19.8 Å². The molecule has 0 aromatic rings. The van der Waals surface area contributed by atoms with E-state index in [4.69, 9.17) is 19.3 Å². The van der Waals surface area contributed by atoms with Crippen molar-refractivity contribution in [2.45, 2.75) is 168 Å². The van der Waals surface area contributed by atoms with Crippen LogP contribution >= 0.6 is 7.82 Å². The summed E-state index contributed by atoms with van der Waals surface area (Å²) in [5.74, 6) is -0.914. The first-order chi connectivity index (χ1) is 22.8. The van der Waals surface area contributed by atoms with Crippen LogP contribution in [0.5, 0.6) is 0 Å². The van der Waals surface area contributed by atoms with Crippen molar-refractivity contribution in [1.29, 1.82) is 0 Å². The quantitative estimate of drug-likeness (QED) is 0.0304. The molecule has 2 N–H and O–H groups in total. The second-order valence-corrected chi connectivity index (χ2v) is 13.4. The fraction of sp³-hybridized carbons (Fsp3) is 0.737. The van der Waals surface area contributed by atoms with E-state index in [1.54, 1.807) is 0 Å². The minimum atomic E-state index is -4.75. The second-order valence-electron chi connectivity index (χ2n) is 12.2. The number of hydrogen-bond acceptors (Lipinski definition) is 6. The molecule has 0 fully saturated rings. The number of carbonyl (C=O) groups is 2. The Labute approximate surface area is 286 Å². The number of hydrogen-bond donors (Lipinski definition) is 2. The molecule has 0 saturated heterocycles. The molecule has 0 amide bonds. The maximum absolute atomic E-state index is 12.3. The van der Waals surface area contributed by atoms with Crippen molar-refractivity contribution >= 4 is 19.8 Å². The highest BCUT2D eigenvalue weighted by atomic mass is 31.2. The molecule has 1 atom stereocenters. The molecule has 0 aromatic heterocycles. The summed E-state index contributed by atoms with van der Waals surface area (Å²) in [5, 5.41) is 0. The number of esters is 2. The van der Waals surface area contributed by atoms with E-state index in [9.17, 15) is 14.2 Å². The molecule has 0 aliphatic heterocycles. The number of phosphoric acid groups is 1. The number of carbonyl (C=O) groups excluding carboxylic acids is 2. The van der Waals surface area contributed by atoms with Crippen LogP contribution in [0.1, 0.15) is 162 Å². The highest BCUT2D eigenvalue weighted by molar-refractivity contribution is 7.46. The largest absolute Gasteiger partial charge is 0.469 e. The fourth-order valence-electron chi connectivity index (χ4n) is 4.89. The molecule has 0 heterocycles. The molecule has 9 heteroatoms. The number of ether oxygens (including phenoxy) is 2. The molecule has 0 spiro atoms. The lowest BCUT2D eigenvalue weighted by Crippen LogP contribution is -2.29. The van der Waals surface area contributed by atoms with Crippen molar-refractivity contribution in [2.75, 3.05) is 13.2 Å². The summed E-state index contributed by atoms with van der Waals surface area (Å²) in [6.45, 7) is 3.53. The third-order valence-electron chi connectivity index (χ3n) is 7.61. The third-order valence-corrected chi connectivity index (χ3v) is 8.10. The van der Waals surface area contributed by atoms with Crippen molar-refractivity contribution in [1.82, 2.24) is 0 Å². The van der Waals surface area contributed by atoms with Crippen molar-refractivity contribution in [3.05, 3.63) is 48.6 Å². The smallest absolute Gasteiger partial charge is 0.462 e. The van der Waals surface area contributed by atoms with E-state index in [1.165, 1.54) is 57.8 Å². The summed E-state index contributed by atoms with van der Waals surface area (Å²) >= 11 is 0. The molecule has 0 rings (SSSR count). The molecule has 47 heavy (non-hydrogen) atoms. The number of allylic oxidation sites excluding steroid dienone is 8. The van der Waals surface area contributed by atoms with Crippen LogP contribution in [0, 0.1) is 0 Å². The normalized spacial score (nSPS) is 13.0. The Kier molecular flexibility index (Phi) is 32.5. The number of phosphoric ester groups is 1. The zero-order valence-electron chi connectivity index (χ0n) is 29.7. The first-order valence-electron chi connectivity index (χ1n) is 18.4. The highest BCUT2D eigenvalue weighted by Gasteiger charge is 2.22. The van der Waals surface area contributed by atoms with Gasteiger partial charge in [0.2, 0.25) is 0 Å². The lowest BCUT2D eigenvalue weighted by Gasteiger charge is -2.18. The lowest BCUT2D eigenvalue weighted by molar-refractivity contribution is -0.161. The van der Waals surface area contributed by atoms with Crippen LogP contribution in [-0.2, 0) is 28.2 Å². The van der Waals surface area contributed by atoms with Gasteiger partial charge in [-0.25, -0.2) is 4.57 Å². The van der Waals surface area contributed by atoms with Crippen molar-refractivity contribution in [2.24, 2.45) is 0 Å². The van der Waals surface area contributed by atoms with Crippen molar-refractivity contribution in [3.8, 4) is 0 Å². The summed E-state index contributed by atoms with van der Waals surface area (Å²) in [6, 6.07) is 0. The minimum absolute atomic E-state index is 0.184. The molecule has 0 saturated carbocycles. The SMILES string of the molecule is CC/C=C\C/C=C\C/C=C\C/C=C\CCCCCCC(=O)O[C@H](COC(=O)CCCCCCCCCCCCCC)COP(=O)(O)O. The summed E-state index contributed by atoms with van der Waals surface area (Å²) in [7, 11) is -4.75. The molecular weight excluding hydrogens is 615 g/mol. The van der Waals surface area contributed by atoms with Gasteiger partial charge in [0.25, 0.3) is 0 Å². The average molecular weight is 683 g/mol. The predicted octanol–water partition coefficient (Wildman–Crippen LogP) is 10.8. The van der Waals surface area contributed by atoms with Crippen LogP contribution in [0.3, 0.4) is 0 Å². The molecule has 0 aliphatic rings. The zero-order valence-corrected chi connectivity index (χ0v) is 30.6. The lowest BCUT2D eigenvalue weighted by atomic mass is 10.0. The van der Waals surface area contributed by atoms with Crippen LogP contribution in [0.2, 0.25) is 0 Å². The Balaban J connectivity index is 4.03. The molecule has 0 unspecified atom stereocenters. The van der Waals surface area contributed by atoms with Gasteiger partial charge in [-0.2, -0.15) is 0 Å². The Bertz CT molecular complexity index is 905. The standard InChI is InChI=1S/C38H67O8P/c1-3-5-7-9-11-13-15-17-18-19-20-21-23-25-27-29-31-33-38(40)46-36(35-45-47(41,42)43)34-44-37(39)32-30-28-26-24-22-16-14-12-10-8-6-4-2/h5,7,11,13,17-18,20-21,36H,3-4,6,8-10,12,14-16,19,22-35H2,1-2H3,(H2,41,42,43)/b7-5-,13-11-,18-17-,21-20-/t36-/m1/s1. The molecule has 0 radical (unpaired) electrons. The van der Waals surface area contributed by atoms with Crippen LogP contribution in [0.25, 0.3) is 0 Å². The van der Waals surface area contributed by atoms with Gasteiger partial charge in [-0.3, -0.25) is 14.1 Å². The van der Waals surface area contributed by atoms with Crippen LogP contribution < -0.4 is 0 Å². The second kappa shape index (κ2) is 33.9. The number of unbranched alkanes of at least 4 members (excludes halogenated alkanes) is 15.